The van der Waals surface area contributed by atoms with Crippen LogP contribution < -0.4 is 5.32 Å². The van der Waals surface area contributed by atoms with Crippen molar-refractivity contribution in [2.75, 3.05) is 20.2 Å². The van der Waals surface area contributed by atoms with E-state index in [0.717, 1.165) is 38.2 Å². The third-order valence-corrected chi connectivity index (χ3v) is 2.54. The Balaban J connectivity index is 1.93. The number of likely N-dealkylation sites (N-methyl/N-ethyl adjacent to an activating group) is 1. The van der Waals surface area contributed by atoms with Gasteiger partial charge in [-0.3, -0.25) is 0 Å². The molecule has 84 valence electrons. The summed E-state index contributed by atoms with van der Waals surface area (Å²) >= 11 is 0. The fraction of sp³-hybridized carbons (Fsp3) is 0.800. The van der Waals surface area contributed by atoms with Crippen LogP contribution in [0.5, 0.6) is 0 Å². The molecule has 2 heterocycles. The minimum absolute atomic E-state index is 0.0228. The average molecular weight is 211 g/mol. The van der Waals surface area contributed by atoms with Gasteiger partial charge in [0.1, 0.15) is 6.10 Å². The topological polar surface area (TPSA) is 60.2 Å². The quantitative estimate of drug-likeness (QED) is 0.807. The maximum atomic E-state index is 5.57. The van der Waals surface area contributed by atoms with Gasteiger partial charge in [0.25, 0.3) is 5.89 Å². The highest BCUT2D eigenvalue weighted by atomic mass is 16.5. The molecule has 0 radical (unpaired) electrons. The Hall–Kier alpha value is -0.940. The van der Waals surface area contributed by atoms with Gasteiger partial charge >= 0.3 is 0 Å². The van der Waals surface area contributed by atoms with E-state index in [9.17, 15) is 0 Å². The van der Waals surface area contributed by atoms with E-state index >= 15 is 0 Å². The van der Waals surface area contributed by atoms with Crippen LogP contribution in [0.3, 0.4) is 0 Å². The summed E-state index contributed by atoms with van der Waals surface area (Å²) in [6.45, 7) is 1.67. The van der Waals surface area contributed by atoms with Crippen LogP contribution in [-0.2, 0) is 11.2 Å². The molecule has 1 aliphatic rings. The molecule has 1 aromatic heterocycles. The minimum Gasteiger partial charge on any atom is -0.368 e. The van der Waals surface area contributed by atoms with E-state index in [-0.39, 0.29) is 6.10 Å². The first-order valence-corrected chi connectivity index (χ1v) is 5.49. The second-order valence-corrected chi connectivity index (χ2v) is 3.76. The minimum atomic E-state index is 0.0228. The van der Waals surface area contributed by atoms with Crippen molar-refractivity contribution in [3.8, 4) is 0 Å². The van der Waals surface area contributed by atoms with Crippen LogP contribution >= 0.6 is 0 Å². The average Bonchev–Trinajstić information content (AvgIpc) is 2.76. The van der Waals surface area contributed by atoms with E-state index in [4.69, 9.17) is 9.26 Å². The van der Waals surface area contributed by atoms with Gasteiger partial charge in [-0.15, -0.1) is 0 Å². The van der Waals surface area contributed by atoms with Gasteiger partial charge in [-0.25, -0.2) is 0 Å². The van der Waals surface area contributed by atoms with Crippen molar-refractivity contribution in [1.29, 1.82) is 0 Å². The van der Waals surface area contributed by atoms with Crippen LogP contribution in [-0.4, -0.2) is 30.3 Å². The lowest BCUT2D eigenvalue weighted by Crippen LogP contribution is -2.13. The molecular weight excluding hydrogens is 194 g/mol. The molecule has 1 unspecified atom stereocenters. The highest BCUT2D eigenvalue weighted by Crippen LogP contribution is 2.26. The van der Waals surface area contributed by atoms with Crippen LogP contribution in [0, 0.1) is 0 Å². The molecule has 0 saturated carbocycles. The summed E-state index contributed by atoms with van der Waals surface area (Å²) in [5, 5.41) is 6.97. The van der Waals surface area contributed by atoms with Crippen molar-refractivity contribution in [3.05, 3.63) is 11.7 Å². The molecule has 5 nitrogen and oxygen atoms in total. The molecule has 0 aromatic carbocycles. The fourth-order valence-electron chi connectivity index (χ4n) is 1.67. The lowest BCUT2D eigenvalue weighted by molar-refractivity contribution is -0.00459. The van der Waals surface area contributed by atoms with Crippen molar-refractivity contribution in [3.63, 3.8) is 0 Å². The SMILES string of the molecule is CNCCc1noc(C2CCCCO2)n1. The van der Waals surface area contributed by atoms with E-state index in [1.54, 1.807) is 0 Å². The molecule has 0 amide bonds. The molecule has 1 saturated heterocycles. The molecule has 1 fully saturated rings. The zero-order chi connectivity index (χ0) is 10.5. The maximum Gasteiger partial charge on any atom is 0.255 e. The molecule has 1 N–H and O–H groups in total. The second-order valence-electron chi connectivity index (χ2n) is 3.76. The van der Waals surface area contributed by atoms with Gasteiger partial charge in [0.05, 0.1) is 0 Å². The van der Waals surface area contributed by atoms with Crippen molar-refractivity contribution in [1.82, 2.24) is 15.5 Å². The molecule has 2 rings (SSSR count). The summed E-state index contributed by atoms with van der Waals surface area (Å²) < 4.78 is 10.8. The normalized spacial score (nSPS) is 21.8. The third-order valence-electron chi connectivity index (χ3n) is 2.54. The van der Waals surface area contributed by atoms with Crippen LogP contribution in [0.2, 0.25) is 0 Å². The van der Waals surface area contributed by atoms with Gasteiger partial charge in [-0.2, -0.15) is 4.98 Å². The van der Waals surface area contributed by atoms with Crippen molar-refractivity contribution < 1.29 is 9.26 Å². The Kier molecular flexibility index (Phi) is 3.69. The zero-order valence-corrected chi connectivity index (χ0v) is 9.03. The summed E-state index contributed by atoms with van der Waals surface area (Å²) in [6, 6.07) is 0. The molecular formula is C10H17N3O2. The summed E-state index contributed by atoms with van der Waals surface area (Å²) in [7, 11) is 1.91. The molecule has 15 heavy (non-hydrogen) atoms. The van der Waals surface area contributed by atoms with E-state index in [2.05, 4.69) is 15.5 Å². The van der Waals surface area contributed by atoms with Gasteiger partial charge in [0.15, 0.2) is 5.82 Å². The summed E-state index contributed by atoms with van der Waals surface area (Å²) in [6.07, 6.45) is 4.13. The number of aromatic nitrogens is 2. The van der Waals surface area contributed by atoms with Crippen molar-refractivity contribution in [2.45, 2.75) is 31.8 Å². The summed E-state index contributed by atoms with van der Waals surface area (Å²) in [4.78, 5) is 4.33. The summed E-state index contributed by atoms with van der Waals surface area (Å²) in [5.74, 6) is 1.40. The molecule has 0 bridgehead atoms. The molecule has 1 aliphatic heterocycles. The number of nitrogens with one attached hydrogen (secondary N) is 1. The predicted molar refractivity (Wildman–Crippen MR) is 54.5 cm³/mol. The summed E-state index contributed by atoms with van der Waals surface area (Å²) in [5.41, 5.74) is 0. The number of hydrogen-bond acceptors (Lipinski definition) is 5. The Morgan fingerprint density at radius 3 is 3.13 bits per heavy atom. The van der Waals surface area contributed by atoms with Crippen LogP contribution in [0.1, 0.15) is 37.1 Å². The van der Waals surface area contributed by atoms with Crippen molar-refractivity contribution in [2.24, 2.45) is 0 Å². The van der Waals surface area contributed by atoms with E-state index in [1.165, 1.54) is 6.42 Å². The Morgan fingerprint density at radius 2 is 2.40 bits per heavy atom. The number of ether oxygens (including phenoxy) is 1. The van der Waals surface area contributed by atoms with E-state index in [1.807, 2.05) is 7.05 Å². The lowest BCUT2D eigenvalue weighted by atomic mass is 10.1. The first kappa shape index (κ1) is 10.6. The van der Waals surface area contributed by atoms with Gasteiger partial charge < -0.3 is 14.6 Å². The number of rotatable bonds is 4. The predicted octanol–water partition coefficient (Wildman–Crippen LogP) is 1.07. The molecule has 0 aliphatic carbocycles. The zero-order valence-electron chi connectivity index (χ0n) is 9.03. The standard InChI is InChI=1S/C10H17N3O2/c1-11-6-5-9-12-10(15-13-9)8-4-2-3-7-14-8/h8,11H,2-7H2,1H3. The Morgan fingerprint density at radius 1 is 1.47 bits per heavy atom. The van der Waals surface area contributed by atoms with Crippen LogP contribution in [0.4, 0.5) is 0 Å². The molecule has 0 spiro atoms. The number of hydrogen-bond donors (Lipinski definition) is 1. The third kappa shape index (κ3) is 2.76. The molecule has 1 atom stereocenters. The van der Waals surface area contributed by atoms with Crippen LogP contribution in [0.25, 0.3) is 0 Å². The van der Waals surface area contributed by atoms with E-state index < -0.39 is 0 Å². The van der Waals surface area contributed by atoms with Gasteiger partial charge in [-0.05, 0) is 26.3 Å². The monoisotopic (exact) mass is 211 g/mol. The molecule has 5 heteroatoms. The number of nitrogens with zero attached hydrogens (tertiary/aromatic N) is 2. The Labute approximate surface area is 89.2 Å². The van der Waals surface area contributed by atoms with E-state index in [0.29, 0.717) is 5.89 Å². The fourth-order valence-corrected chi connectivity index (χ4v) is 1.67. The largest absolute Gasteiger partial charge is 0.368 e. The maximum absolute atomic E-state index is 5.57. The molecule has 1 aromatic rings. The Bertz CT molecular complexity index is 295. The lowest BCUT2D eigenvalue weighted by Gasteiger charge is -2.18. The smallest absolute Gasteiger partial charge is 0.255 e. The van der Waals surface area contributed by atoms with Gasteiger partial charge in [0.2, 0.25) is 0 Å². The highest BCUT2D eigenvalue weighted by Gasteiger charge is 2.21. The van der Waals surface area contributed by atoms with Gasteiger partial charge in [-0.1, -0.05) is 5.16 Å². The van der Waals surface area contributed by atoms with Crippen molar-refractivity contribution >= 4 is 0 Å². The van der Waals surface area contributed by atoms with Gasteiger partial charge in [0, 0.05) is 19.6 Å². The highest BCUT2D eigenvalue weighted by molar-refractivity contribution is 4.91. The first-order valence-electron chi connectivity index (χ1n) is 5.49. The second kappa shape index (κ2) is 5.23. The first-order chi connectivity index (χ1) is 7.40. The van der Waals surface area contributed by atoms with Crippen LogP contribution in [0.15, 0.2) is 4.52 Å².